The molecule has 0 saturated carbocycles. The number of hydrogen-bond acceptors (Lipinski definition) is 4. The molecule has 0 N–H and O–H groups in total. The zero-order chi connectivity index (χ0) is 7.11. The van der Waals surface area contributed by atoms with Crippen molar-refractivity contribution < 1.29 is 13.9 Å². The van der Waals surface area contributed by atoms with Crippen LogP contribution in [-0.2, 0) is 13.9 Å². The van der Waals surface area contributed by atoms with Crippen molar-refractivity contribution in [2.75, 3.05) is 6.61 Å². The van der Waals surface area contributed by atoms with Crippen LogP contribution < -0.4 is 0 Å². The highest BCUT2D eigenvalue weighted by Gasteiger charge is 1.92. The number of oxime groups is 1. The number of halogens is 1. The fourth-order valence-electron chi connectivity index (χ4n) is 0.242. The van der Waals surface area contributed by atoms with Crippen LogP contribution in [-0.4, -0.2) is 18.8 Å². The summed E-state index contributed by atoms with van der Waals surface area (Å²) in [5.74, 6) is -0.571. The molecule has 0 aromatic rings. The van der Waals surface area contributed by atoms with E-state index in [1.165, 1.54) is 0 Å². The third-order valence-corrected chi connectivity index (χ3v) is 0.564. The number of carbonyl (C=O) groups excluding carboxylic acids is 1. The molecule has 9 heavy (non-hydrogen) atoms. The molecule has 0 aliphatic heterocycles. The van der Waals surface area contributed by atoms with Gasteiger partial charge in [-0.3, -0.25) is 4.39 Å². The van der Waals surface area contributed by atoms with Crippen molar-refractivity contribution in [2.24, 2.45) is 5.16 Å². The van der Waals surface area contributed by atoms with Crippen molar-refractivity contribution in [3.05, 3.63) is 0 Å². The van der Waals surface area contributed by atoms with Crippen molar-refractivity contribution in [1.82, 2.24) is 0 Å². The Kier molecular flexibility index (Phi) is 4.91. The van der Waals surface area contributed by atoms with E-state index in [2.05, 4.69) is 26.1 Å². The average Bonchev–Trinajstić information content (AvgIpc) is 1.85. The molecule has 4 nitrogen and oxygen atoms in total. The van der Waals surface area contributed by atoms with Crippen molar-refractivity contribution in [3.8, 4) is 0 Å². The van der Waals surface area contributed by atoms with Crippen LogP contribution in [0.3, 0.4) is 0 Å². The minimum atomic E-state index is -0.571. The van der Waals surface area contributed by atoms with Gasteiger partial charge in [0.05, 0.1) is 6.61 Å². The van der Waals surface area contributed by atoms with E-state index in [1.54, 1.807) is 6.92 Å². The summed E-state index contributed by atoms with van der Waals surface area (Å²) in [4.78, 5) is 10.3. The van der Waals surface area contributed by atoms with Gasteiger partial charge in [-0.25, -0.2) is 4.79 Å². The summed E-state index contributed by atoms with van der Waals surface area (Å²) in [6.07, 6.45) is 0.844. The lowest BCUT2D eigenvalue weighted by molar-refractivity contribution is -0.134. The number of rotatable bonds is 3. The molecule has 0 aliphatic carbocycles. The molecule has 0 bridgehead atoms. The maximum absolute atomic E-state index is 10.3. The molecule has 0 saturated heterocycles. The molecular formula is C4H6ClNO3. The minimum absolute atomic E-state index is 0.313. The highest BCUT2D eigenvalue weighted by Crippen LogP contribution is 1.79. The van der Waals surface area contributed by atoms with Crippen molar-refractivity contribution in [1.29, 1.82) is 0 Å². The summed E-state index contributed by atoms with van der Waals surface area (Å²) < 4.78 is 8.12. The average molecular weight is 152 g/mol. The molecule has 0 aromatic carbocycles. The maximum Gasteiger partial charge on any atom is 0.352 e. The summed E-state index contributed by atoms with van der Waals surface area (Å²) in [5.41, 5.74) is 0. The lowest BCUT2D eigenvalue weighted by Crippen LogP contribution is -2.04. The predicted octanol–water partition coefficient (Wildman–Crippen LogP) is 0.706. The number of carbonyl (C=O) groups is 1. The third-order valence-electron chi connectivity index (χ3n) is 0.485. The second-order valence-corrected chi connectivity index (χ2v) is 1.19. The zero-order valence-corrected chi connectivity index (χ0v) is 5.59. The van der Waals surface area contributed by atoms with Crippen molar-refractivity contribution in [3.63, 3.8) is 0 Å². The van der Waals surface area contributed by atoms with Gasteiger partial charge in [0.15, 0.2) is 18.1 Å². The molecule has 0 unspecified atom stereocenters. The van der Waals surface area contributed by atoms with Gasteiger partial charge in [-0.1, -0.05) is 5.16 Å². The number of hydrogen-bond donors (Lipinski definition) is 0. The zero-order valence-electron chi connectivity index (χ0n) is 4.83. The van der Waals surface area contributed by atoms with Crippen LogP contribution in [0.15, 0.2) is 5.16 Å². The standard InChI is InChI=1S/C4H6ClNO3/c1-2-8-4(7)3-6-9-5/h3H,2H2,1H3/b6-3+. The molecule has 0 rings (SSSR count). The third kappa shape index (κ3) is 5.10. The predicted molar refractivity (Wildman–Crippen MR) is 32.1 cm³/mol. The summed E-state index contributed by atoms with van der Waals surface area (Å²) >= 11 is 4.64. The second-order valence-electron chi connectivity index (χ2n) is 1.06. The fraction of sp³-hybridized carbons (Fsp3) is 0.500. The van der Waals surface area contributed by atoms with Crippen LogP contribution in [0.1, 0.15) is 6.92 Å². The number of esters is 1. The molecule has 0 spiro atoms. The van der Waals surface area contributed by atoms with Crippen LogP contribution in [0.5, 0.6) is 0 Å². The Morgan fingerprint density at radius 1 is 1.89 bits per heavy atom. The Bertz CT molecular complexity index is 114. The highest BCUT2D eigenvalue weighted by molar-refractivity contribution is 6.23. The van der Waals surface area contributed by atoms with E-state index in [4.69, 9.17) is 0 Å². The van der Waals surface area contributed by atoms with Crippen LogP contribution in [0.4, 0.5) is 0 Å². The Labute approximate surface area is 57.5 Å². The van der Waals surface area contributed by atoms with E-state index < -0.39 is 5.97 Å². The Morgan fingerprint density at radius 3 is 3.00 bits per heavy atom. The van der Waals surface area contributed by atoms with Gasteiger partial charge >= 0.3 is 5.97 Å². The summed E-state index contributed by atoms with van der Waals surface area (Å²) in [7, 11) is 0. The summed E-state index contributed by atoms with van der Waals surface area (Å²) in [6, 6.07) is 0. The molecule has 0 atom stereocenters. The highest BCUT2D eigenvalue weighted by atomic mass is 35.5. The summed E-state index contributed by atoms with van der Waals surface area (Å²) in [6.45, 7) is 2.00. The van der Waals surface area contributed by atoms with Crippen LogP contribution in [0, 0.1) is 0 Å². The molecule has 0 aliphatic rings. The van der Waals surface area contributed by atoms with E-state index in [0.717, 1.165) is 6.21 Å². The Morgan fingerprint density at radius 2 is 2.56 bits per heavy atom. The number of nitrogens with zero attached hydrogens (tertiary/aromatic N) is 1. The first kappa shape index (κ1) is 8.23. The molecular weight excluding hydrogens is 146 g/mol. The Hall–Kier alpha value is -0.770. The molecule has 52 valence electrons. The van der Waals surface area contributed by atoms with Gasteiger partial charge < -0.3 is 4.74 Å². The largest absolute Gasteiger partial charge is 0.462 e. The first-order valence-corrected chi connectivity index (χ1v) is 2.60. The Balaban J connectivity index is 3.37. The van der Waals surface area contributed by atoms with E-state index >= 15 is 0 Å². The molecule has 0 aromatic heterocycles. The van der Waals surface area contributed by atoms with E-state index in [9.17, 15) is 4.79 Å². The first-order valence-electron chi connectivity index (χ1n) is 2.29. The van der Waals surface area contributed by atoms with E-state index in [-0.39, 0.29) is 0 Å². The van der Waals surface area contributed by atoms with Gasteiger partial charge in [-0.2, -0.15) is 0 Å². The smallest absolute Gasteiger partial charge is 0.352 e. The van der Waals surface area contributed by atoms with Crippen molar-refractivity contribution in [2.45, 2.75) is 6.92 Å². The van der Waals surface area contributed by atoms with E-state index in [1.807, 2.05) is 0 Å². The van der Waals surface area contributed by atoms with Gasteiger partial charge in [0.25, 0.3) is 0 Å². The van der Waals surface area contributed by atoms with Gasteiger partial charge in [0.1, 0.15) is 0 Å². The number of ether oxygens (including phenoxy) is 1. The lowest BCUT2D eigenvalue weighted by atomic mass is 10.7. The van der Waals surface area contributed by atoms with Gasteiger partial charge in [-0.05, 0) is 6.92 Å². The van der Waals surface area contributed by atoms with Gasteiger partial charge in [-0.15, -0.1) is 0 Å². The molecule has 0 fully saturated rings. The minimum Gasteiger partial charge on any atom is -0.462 e. The second kappa shape index (κ2) is 5.37. The fourth-order valence-corrected chi connectivity index (χ4v) is 0.282. The topological polar surface area (TPSA) is 47.9 Å². The molecule has 5 heteroatoms. The summed E-state index contributed by atoms with van der Waals surface area (Å²) in [5, 5.41) is 2.96. The maximum atomic E-state index is 10.3. The van der Waals surface area contributed by atoms with Gasteiger partial charge in [0, 0.05) is 0 Å². The van der Waals surface area contributed by atoms with Crippen molar-refractivity contribution >= 4 is 24.0 Å². The molecule has 0 amide bonds. The van der Waals surface area contributed by atoms with Crippen LogP contribution >= 0.6 is 11.9 Å². The molecule has 0 heterocycles. The van der Waals surface area contributed by atoms with Gasteiger partial charge in [0.2, 0.25) is 0 Å². The quantitative estimate of drug-likeness (QED) is 0.339. The normalized spacial score (nSPS) is 9.56. The SMILES string of the molecule is CCOC(=O)/C=N/OCl. The van der Waals surface area contributed by atoms with E-state index in [0.29, 0.717) is 6.61 Å². The van der Waals surface area contributed by atoms with Crippen LogP contribution in [0.25, 0.3) is 0 Å². The lowest BCUT2D eigenvalue weighted by Gasteiger charge is -1.91. The van der Waals surface area contributed by atoms with Crippen LogP contribution in [0.2, 0.25) is 0 Å². The monoisotopic (exact) mass is 151 g/mol. The molecule has 0 radical (unpaired) electrons. The first-order chi connectivity index (χ1) is 4.31.